The standard InChI is InChI=1S/C20H19ClN4O2/c1-13-10-23-17(12-22-13)20(26)25-7-3-6-18(25)19-24-11-16(27-19)9-14-4-2-5-15(21)8-14/h2,4-5,8,10-12,18H,3,6-7,9H2,1H3. The maximum Gasteiger partial charge on any atom is 0.274 e. The molecule has 0 aliphatic carbocycles. The number of carbonyl (C=O) groups excluding carboxylic acids is 1. The second-order valence-electron chi connectivity index (χ2n) is 6.67. The molecule has 1 aliphatic heterocycles. The molecule has 138 valence electrons. The maximum atomic E-state index is 12.8. The Morgan fingerprint density at radius 3 is 2.93 bits per heavy atom. The van der Waals surface area contributed by atoms with E-state index in [2.05, 4.69) is 15.0 Å². The normalized spacial score (nSPS) is 16.7. The minimum Gasteiger partial charge on any atom is -0.443 e. The summed E-state index contributed by atoms with van der Waals surface area (Å²) in [6.45, 7) is 2.50. The lowest BCUT2D eigenvalue weighted by Crippen LogP contribution is -2.31. The summed E-state index contributed by atoms with van der Waals surface area (Å²) in [4.78, 5) is 27.4. The van der Waals surface area contributed by atoms with Gasteiger partial charge in [0.2, 0.25) is 5.89 Å². The number of aromatic nitrogens is 3. The monoisotopic (exact) mass is 382 g/mol. The van der Waals surface area contributed by atoms with Gasteiger partial charge in [0.1, 0.15) is 17.5 Å². The van der Waals surface area contributed by atoms with E-state index in [0.717, 1.165) is 29.9 Å². The van der Waals surface area contributed by atoms with E-state index < -0.39 is 0 Å². The Kier molecular flexibility index (Phi) is 4.90. The Morgan fingerprint density at radius 1 is 1.26 bits per heavy atom. The van der Waals surface area contributed by atoms with Crippen LogP contribution in [-0.2, 0) is 6.42 Å². The summed E-state index contributed by atoms with van der Waals surface area (Å²) in [5.41, 5.74) is 2.18. The Balaban J connectivity index is 1.51. The van der Waals surface area contributed by atoms with Gasteiger partial charge in [-0.1, -0.05) is 23.7 Å². The number of aryl methyl sites for hydroxylation is 1. The third-order valence-corrected chi connectivity index (χ3v) is 4.87. The van der Waals surface area contributed by atoms with Gasteiger partial charge in [-0.3, -0.25) is 9.78 Å². The predicted molar refractivity (Wildman–Crippen MR) is 101 cm³/mol. The van der Waals surface area contributed by atoms with Gasteiger partial charge < -0.3 is 9.32 Å². The number of hydrogen-bond acceptors (Lipinski definition) is 5. The van der Waals surface area contributed by atoms with Gasteiger partial charge in [0, 0.05) is 24.2 Å². The topological polar surface area (TPSA) is 72.1 Å². The second-order valence-corrected chi connectivity index (χ2v) is 7.11. The van der Waals surface area contributed by atoms with Crippen LogP contribution in [-0.4, -0.2) is 32.3 Å². The molecule has 1 unspecified atom stereocenters. The average molecular weight is 383 g/mol. The van der Waals surface area contributed by atoms with Gasteiger partial charge in [-0.15, -0.1) is 0 Å². The van der Waals surface area contributed by atoms with Crippen LogP contribution in [0, 0.1) is 6.92 Å². The number of benzene rings is 1. The Hall–Kier alpha value is -2.73. The van der Waals surface area contributed by atoms with Crippen molar-refractivity contribution in [2.75, 3.05) is 6.54 Å². The largest absolute Gasteiger partial charge is 0.443 e. The van der Waals surface area contributed by atoms with Crippen LogP contribution in [0.1, 0.15) is 52.3 Å². The van der Waals surface area contributed by atoms with Crippen molar-refractivity contribution < 1.29 is 9.21 Å². The minimum absolute atomic E-state index is 0.139. The SMILES string of the molecule is Cc1cnc(C(=O)N2CCCC2c2ncc(Cc3cccc(Cl)c3)o2)cn1. The van der Waals surface area contributed by atoms with Gasteiger partial charge in [0.25, 0.3) is 5.91 Å². The molecule has 1 aromatic carbocycles. The highest BCUT2D eigenvalue weighted by molar-refractivity contribution is 6.30. The van der Waals surface area contributed by atoms with Crippen molar-refractivity contribution in [3.63, 3.8) is 0 Å². The minimum atomic E-state index is -0.172. The van der Waals surface area contributed by atoms with Gasteiger partial charge in [0.05, 0.1) is 18.1 Å². The summed E-state index contributed by atoms with van der Waals surface area (Å²) in [6, 6.07) is 7.48. The molecule has 0 radical (unpaired) electrons. The lowest BCUT2D eigenvalue weighted by Gasteiger charge is -2.21. The van der Waals surface area contributed by atoms with Crippen LogP contribution in [0.5, 0.6) is 0 Å². The highest BCUT2D eigenvalue weighted by Gasteiger charge is 2.34. The van der Waals surface area contributed by atoms with Crippen molar-refractivity contribution in [3.05, 3.63) is 76.5 Å². The molecule has 0 spiro atoms. The number of hydrogen-bond donors (Lipinski definition) is 0. The molecule has 1 amide bonds. The number of nitrogens with zero attached hydrogens (tertiary/aromatic N) is 4. The first-order chi connectivity index (χ1) is 13.1. The van der Waals surface area contributed by atoms with Crippen molar-refractivity contribution >= 4 is 17.5 Å². The van der Waals surface area contributed by atoms with Crippen LogP contribution in [0.25, 0.3) is 0 Å². The molecule has 27 heavy (non-hydrogen) atoms. The zero-order chi connectivity index (χ0) is 18.8. The third-order valence-electron chi connectivity index (χ3n) is 4.64. The van der Waals surface area contributed by atoms with Crippen LogP contribution in [0.2, 0.25) is 5.02 Å². The number of carbonyl (C=O) groups is 1. The summed E-state index contributed by atoms with van der Waals surface area (Å²) in [5, 5.41) is 0.694. The molecule has 0 saturated carbocycles. The summed E-state index contributed by atoms with van der Waals surface area (Å²) in [7, 11) is 0. The lowest BCUT2D eigenvalue weighted by molar-refractivity contribution is 0.0708. The first-order valence-electron chi connectivity index (χ1n) is 8.89. The maximum absolute atomic E-state index is 12.8. The van der Waals surface area contributed by atoms with E-state index in [0.29, 0.717) is 29.6 Å². The fourth-order valence-electron chi connectivity index (χ4n) is 3.32. The number of halogens is 1. The van der Waals surface area contributed by atoms with E-state index in [1.165, 1.54) is 6.20 Å². The number of oxazole rings is 1. The van der Waals surface area contributed by atoms with Crippen molar-refractivity contribution in [1.29, 1.82) is 0 Å². The van der Waals surface area contributed by atoms with Gasteiger partial charge in [0.15, 0.2) is 0 Å². The van der Waals surface area contributed by atoms with E-state index in [9.17, 15) is 4.79 Å². The lowest BCUT2D eigenvalue weighted by atomic mass is 10.1. The van der Waals surface area contributed by atoms with Crippen molar-refractivity contribution in [2.24, 2.45) is 0 Å². The molecular formula is C20H19ClN4O2. The third kappa shape index (κ3) is 3.85. The number of rotatable bonds is 4. The van der Waals surface area contributed by atoms with Crippen LogP contribution in [0.3, 0.4) is 0 Å². The fourth-order valence-corrected chi connectivity index (χ4v) is 3.54. The first kappa shape index (κ1) is 17.7. The Bertz CT molecular complexity index is 955. The van der Waals surface area contributed by atoms with Crippen LogP contribution < -0.4 is 0 Å². The quantitative estimate of drug-likeness (QED) is 0.682. The van der Waals surface area contributed by atoms with E-state index in [4.69, 9.17) is 16.0 Å². The molecule has 4 rings (SSSR count). The van der Waals surface area contributed by atoms with Gasteiger partial charge in [-0.05, 0) is 37.5 Å². The van der Waals surface area contributed by atoms with E-state index >= 15 is 0 Å². The summed E-state index contributed by atoms with van der Waals surface area (Å²) >= 11 is 6.04. The van der Waals surface area contributed by atoms with E-state index in [1.54, 1.807) is 17.3 Å². The van der Waals surface area contributed by atoms with Crippen molar-refractivity contribution in [2.45, 2.75) is 32.2 Å². The number of amides is 1. The molecule has 0 bridgehead atoms. The predicted octanol–water partition coefficient (Wildman–Crippen LogP) is 3.99. The second kappa shape index (κ2) is 7.48. The Labute approximate surface area is 162 Å². The van der Waals surface area contributed by atoms with Crippen molar-refractivity contribution in [1.82, 2.24) is 19.9 Å². The molecule has 6 nitrogen and oxygen atoms in total. The molecule has 2 aromatic heterocycles. The molecule has 3 aromatic rings. The molecular weight excluding hydrogens is 364 g/mol. The first-order valence-corrected chi connectivity index (χ1v) is 9.26. The molecule has 7 heteroatoms. The van der Waals surface area contributed by atoms with E-state index in [1.807, 2.05) is 31.2 Å². The zero-order valence-corrected chi connectivity index (χ0v) is 15.7. The molecule has 0 N–H and O–H groups in total. The molecule has 3 heterocycles. The summed E-state index contributed by atoms with van der Waals surface area (Å²) < 4.78 is 5.96. The average Bonchev–Trinajstić information content (AvgIpc) is 3.31. The molecule has 1 fully saturated rings. The Morgan fingerprint density at radius 2 is 2.15 bits per heavy atom. The molecule has 1 saturated heterocycles. The van der Waals surface area contributed by atoms with E-state index in [-0.39, 0.29) is 11.9 Å². The van der Waals surface area contributed by atoms with Gasteiger partial charge >= 0.3 is 0 Å². The van der Waals surface area contributed by atoms with Gasteiger partial charge in [-0.2, -0.15) is 0 Å². The highest BCUT2D eigenvalue weighted by atomic mass is 35.5. The molecule has 1 aliphatic rings. The van der Waals surface area contributed by atoms with Crippen LogP contribution in [0.15, 0.2) is 47.3 Å². The van der Waals surface area contributed by atoms with Gasteiger partial charge in [-0.25, -0.2) is 9.97 Å². The van der Waals surface area contributed by atoms with Crippen LogP contribution >= 0.6 is 11.6 Å². The van der Waals surface area contributed by atoms with Crippen LogP contribution in [0.4, 0.5) is 0 Å². The smallest absolute Gasteiger partial charge is 0.274 e. The van der Waals surface area contributed by atoms with Crippen molar-refractivity contribution in [3.8, 4) is 0 Å². The fraction of sp³-hybridized carbons (Fsp3) is 0.300. The highest BCUT2D eigenvalue weighted by Crippen LogP contribution is 2.33. The number of likely N-dealkylation sites (tertiary alicyclic amines) is 1. The molecule has 1 atom stereocenters. The zero-order valence-electron chi connectivity index (χ0n) is 14.9. The summed E-state index contributed by atoms with van der Waals surface area (Å²) in [6.07, 6.45) is 7.18. The summed E-state index contributed by atoms with van der Waals surface area (Å²) in [5.74, 6) is 1.18.